The lowest BCUT2D eigenvalue weighted by Crippen LogP contribution is -2.20. The Kier molecular flexibility index (Phi) is 4.49. The normalized spacial score (nSPS) is 22.8. The van der Waals surface area contributed by atoms with E-state index in [0.717, 1.165) is 0 Å². The topological polar surface area (TPSA) is 60.4 Å². The molecule has 0 bridgehead atoms. The molecule has 0 aliphatic heterocycles. The SMILES string of the molecule is CS(=O)(=O)[C@@H]1CC[C@@H](OC(=O)c2cc(Br)ccc2F)C1. The Morgan fingerprint density at radius 2 is 2.10 bits per heavy atom. The molecule has 0 saturated heterocycles. The van der Waals surface area contributed by atoms with Crippen LogP contribution in [0.25, 0.3) is 0 Å². The number of ether oxygens (including phenoxy) is 1. The summed E-state index contributed by atoms with van der Waals surface area (Å²) < 4.78 is 42.2. The number of esters is 1. The van der Waals surface area contributed by atoms with Crippen LogP contribution in [0.2, 0.25) is 0 Å². The minimum Gasteiger partial charge on any atom is -0.459 e. The molecule has 1 aliphatic rings. The quantitative estimate of drug-likeness (QED) is 0.773. The smallest absolute Gasteiger partial charge is 0.341 e. The fraction of sp³-hybridized carbons (Fsp3) is 0.462. The fourth-order valence-corrected chi connectivity index (χ4v) is 3.75. The van der Waals surface area contributed by atoms with Gasteiger partial charge in [-0.3, -0.25) is 0 Å². The van der Waals surface area contributed by atoms with E-state index >= 15 is 0 Å². The van der Waals surface area contributed by atoms with Gasteiger partial charge in [0.1, 0.15) is 21.8 Å². The van der Waals surface area contributed by atoms with Gasteiger partial charge in [-0.05, 0) is 31.0 Å². The van der Waals surface area contributed by atoms with E-state index in [1.54, 1.807) is 0 Å². The summed E-state index contributed by atoms with van der Waals surface area (Å²) >= 11 is 3.16. The molecule has 2 atom stereocenters. The Labute approximate surface area is 125 Å². The molecule has 4 nitrogen and oxygen atoms in total. The first-order valence-corrected chi connectivity index (χ1v) is 8.87. The summed E-state index contributed by atoms with van der Waals surface area (Å²) in [5.74, 6) is -1.42. The van der Waals surface area contributed by atoms with Crippen LogP contribution in [-0.2, 0) is 14.6 Å². The number of carbonyl (C=O) groups is 1. The standard InChI is InChI=1S/C13H14BrFO4S/c1-20(17,18)10-4-3-9(7-10)19-13(16)11-6-8(14)2-5-12(11)15/h2,5-6,9-10H,3-4,7H2,1H3/t9-,10-/m1/s1. The fourth-order valence-electron chi connectivity index (χ4n) is 2.27. The Bertz CT molecular complexity index is 629. The lowest BCUT2D eigenvalue weighted by atomic mass is 10.2. The molecule has 0 amide bonds. The molecular formula is C13H14BrFO4S. The Hall–Kier alpha value is -0.950. The maximum Gasteiger partial charge on any atom is 0.341 e. The average molecular weight is 365 g/mol. The number of hydrogen-bond acceptors (Lipinski definition) is 4. The lowest BCUT2D eigenvalue weighted by Gasteiger charge is -2.12. The molecule has 0 aromatic heterocycles. The van der Waals surface area contributed by atoms with Crippen LogP contribution in [0, 0.1) is 5.82 Å². The van der Waals surface area contributed by atoms with Crippen molar-refractivity contribution in [1.29, 1.82) is 0 Å². The van der Waals surface area contributed by atoms with Crippen molar-refractivity contribution in [1.82, 2.24) is 0 Å². The third-order valence-corrected chi connectivity index (χ3v) is 5.50. The van der Waals surface area contributed by atoms with E-state index < -0.39 is 33.0 Å². The van der Waals surface area contributed by atoms with Crippen LogP contribution in [0.3, 0.4) is 0 Å². The van der Waals surface area contributed by atoms with Crippen LogP contribution in [0.15, 0.2) is 22.7 Å². The molecule has 2 rings (SSSR count). The Morgan fingerprint density at radius 1 is 1.40 bits per heavy atom. The van der Waals surface area contributed by atoms with Gasteiger partial charge in [-0.15, -0.1) is 0 Å². The molecule has 1 aromatic rings. The van der Waals surface area contributed by atoms with E-state index in [4.69, 9.17) is 4.74 Å². The van der Waals surface area contributed by atoms with Crippen molar-refractivity contribution in [2.24, 2.45) is 0 Å². The first-order valence-electron chi connectivity index (χ1n) is 6.12. The van der Waals surface area contributed by atoms with Gasteiger partial charge in [-0.25, -0.2) is 17.6 Å². The van der Waals surface area contributed by atoms with Gasteiger partial charge < -0.3 is 4.74 Å². The van der Waals surface area contributed by atoms with E-state index in [2.05, 4.69) is 15.9 Å². The third-order valence-electron chi connectivity index (χ3n) is 3.36. The molecule has 1 aliphatic carbocycles. The summed E-state index contributed by atoms with van der Waals surface area (Å²) in [6, 6.07) is 4.01. The van der Waals surface area contributed by atoms with Crippen molar-refractivity contribution in [2.45, 2.75) is 30.6 Å². The molecule has 110 valence electrons. The van der Waals surface area contributed by atoms with Gasteiger partial charge in [-0.2, -0.15) is 0 Å². The van der Waals surface area contributed by atoms with Gasteiger partial charge >= 0.3 is 5.97 Å². The minimum atomic E-state index is -3.12. The number of benzene rings is 1. The zero-order valence-corrected chi connectivity index (χ0v) is 13.2. The van der Waals surface area contributed by atoms with E-state index in [-0.39, 0.29) is 12.0 Å². The van der Waals surface area contributed by atoms with Crippen molar-refractivity contribution >= 4 is 31.7 Å². The van der Waals surface area contributed by atoms with Crippen molar-refractivity contribution < 1.29 is 22.3 Å². The monoisotopic (exact) mass is 364 g/mol. The zero-order chi connectivity index (χ0) is 14.9. The van der Waals surface area contributed by atoms with Gasteiger partial charge in [-0.1, -0.05) is 15.9 Å². The van der Waals surface area contributed by atoms with Crippen molar-refractivity contribution in [3.8, 4) is 0 Å². The maximum absolute atomic E-state index is 13.5. The number of rotatable bonds is 3. The van der Waals surface area contributed by atoms with E-state index in [0.29, 0.717) is 17.3 Å². The van der Waals surface area contributed by atoms with Crippen molar-refractivity contribution in [3.63, 3.8) is 0 Å². The first kappa shape index (κ1) is 15.4. The van der Waals surface area contributed by atoms with Crippen molar-refractivity contribution in [3.05, 3.63) is 34.1 Å². The molecule has 0 heterocycles. The molecular weight excluding hydrogens is 351 g/mol. The van der Waals surface area contributed by atoms with E-state index in [1.807, 2.05) is 0 Å². The summed E-state index contributed by atoms with van der Waals surface area (Å²) in [6.07, 6.45) is 1.94. The van der Waals surface area contributed by atoms with Crippen LogP contribution < -0.4 is 0 Å². The van der Waals surface area contributed by atoms with E-state index in [9.17, 15) is 17.6 Å². The van der Waals surface area contributed by atoms with E-state index in [1.165, 1.54) is 24.5 Å². The number of carbonyl (C=O) groups excluding carboxylic acids is 1. The second-order valence-corrected chi connectivity index (χ2v) is 8.16. The third kappa shape index (κ3) is 3.58. The molecule has 7 heteroatoms. The minimum absolute atomic E-state index is 0.151. The first-order chi connectivity index (χ1) is 9.27. The van der Waals surface area contributed by atoms with Gasteiger partial charge in [0, 0.05) is 17.1 Å². The van der Waals surface area contributed by atoms with Crippen LogP contribution in [0.1, 0.15) is 29.6 Å². The molecule has 0 N–H and O–H groups in total. The lowest BCUT2D eigenvalue weighted by molar-refractivity contribution is 0.0313. The summed E-state index contributed by atoms with van der Waals surface area (Å²) in [6.45, 7) is 0. The van der Waals surface area contributed by atoms with Gasteiger partial charge in [0.2, 0.25) is 0 Å². The van der Waals surface area contributed by atoms with Gasteiger partial charge in [0.15, 0.2) is 0 Å². The zero-order valence-electron chi connectivity index (χ0n) is 10.8. The number of hydrogen-bond donors (Lipinski definition) is 0. The van der Waals surface area contributed by atoms with Crippen LogP contribution >= 0.6 is 15.9 Å². The summed E-state index contributed by atoms with van der Waals surface area (Å²) in [5, 5.41) is -0.479. The Balaban J connectivity index is 2.05. The Morgan fingerprint density at radius 3 is 2.70 bits per heavy atom. The van der Waals surface area contributed by atoms with Gasteiger partial charge in [0.05, 0.1) is 10.8 Å². The average Bonchev–Trinajstić information content (AvgIpc) is 2.80. The molecule has 1 fully saturated rings. The number of halogens is 2. The highest BCUT2D eigenvalue weighted by atomic mass is 79.9. The van der Waals surface area contributed by atoms with Crippen LogP contribution in [0.4, 0.5) is 4.39 Å². The van der Waals surface area contributed by atoms with Crippen LogP contribution in [0.5, 0.6) is 0 Å². The molecule has 1 saturated carbocycles. The number of sulfone groups is 1. The molecule has 0 unspecified atom stereocenters. The molecule has 20 heavy (non-hydrogen) atoms. The second kappa shape index (κ2) is 5.81. The van der Waals surface area contributed by atoms with Crippen LogP contribution in [-0.4, -0.2) is 32.0 Å². The maximum atomic E-state index is 13.5. The summed E-state index contributed by atoms with van der Waals surface area (Å²) in [4.78, 5) is 11.9. The predicted molar refractivity (Wildman–Crippen MR) is 75.8 cm³/mol. The van der Waals surface area contributed by atoms with Crippen molar-refractivity contribution in [2.75, 3.05) is 6.26 Å². The predicted octanol–water partition coefficient (Wildman–Crippen LogP) is 2.71. The molecule has 0 spiro atoms. The summed E-state index contributed by atoms with van der Waals surface area (Å²) in [5.41, 5.74) is -0.151. The molecule has 0 radical (unpaired) electrons. The second-order valence-electron chi connectivity index (χ2n) is 4.92. The highest BCUT2D eigenvalue weighted by Crippen LogP contribution is 2.28. The highest BCUT2D eigenvalue weighted by Gasteiger charge is 2.34. The molecule has 1 aromatic carbocycles. The van der Waals surface area contributed by atoms with Gasteiger partial charge in [0.25, 0.3) is 0 Å². The largest absolute Gasteiger partial charge is 0.459 e. The highest BCUT2D eigenvalue weighted by molar-refractivity contribution is 9.10. The summed E-state index contributed by atoms with van der Waals surface area (Å²) in [7, 11) is -3.12.